The molecule has 126 valence electrons. The lowest BCUT2D eigenvalue weighted by molar-refractivity contribution is -0.137. The average molecular weight is 318 g/mol. The predicted molar refractivity (Wildman–Crippen MR) is 89.8 cm³/mol. The number of carboxylic acids is 1. The SMILES string of the molecule is CCN1CCN(CC(CC(=O)O)C(=O)c2ccc(C)cc2)CC1. The summed E-state index contributed by atoms with van der Waals surface area (Å²) in [6, 6.07) is 7.37. The van der Waals surface area contributed by atoms with Gasteiger partial charge in [0, 0.05) is 44.2 Å². The van der Waals surface area contributed by atoms with Crippen LogP contribution in [0.1, 0.15) is 29.3 Å². The van der Waals surface area contributed by atoms with Gasteiger partial charge in [-0.25, -0.2) is 0 Å². The van der Waals surface area contributed by atoms with E-state index in [0.29, 0.717) is 12.1 Å². The van der Waals surface area contributed by atoms with Gasteiger partial charge in [-0.05, 0) is 13.5 Å². The number of hydrogen-bond acceptors (Lipinski definition) is 4. The Morgan fingerprint density at radius 3 is 2.17 bits per heavy atom. The molecule has 1 fully saturated rings. The van der Waals surface area contributed by atoms with Crippen molar-refractivity contribution < 1.29 is 14.7 Å². The van der Waals surface area contributed by atoms with E-state index in [0.717, 1.165) is 38.3 Å². The highest BCUT2D eigenvalue weighted by molar-refractivity contribution is 5.99. The number of rotatable bonds is 7. The van der Waals surface area contributed by atoms with E-state index in [1.54, 1.807) is 12.1 Å². The standard InChI is InChI=1S/C18H26N2O3/c1-3-19-8-10-20(11-9-19)13-16(12-17(21)22)18(23)15-6-4-14(2)5-7-15/h4-7,16H,3,8-13H2,1-2H3,(H,21,22). The third kappa shape index (κ3) is 5.15. The van der Waals surface area contributed by atoms with Gasteiger partial charge < -0.3 is 14.9 Å². The van der Waals surface area contributed by atoms with Crippen molar-refractivity contribution in [3.05, 3.63) is 35.4 Å². The molecule has 1 aromatic rings. The summed E-state index contributed by atoms with van der Waals surface area (Å²) in [5.74, 6) is -1.46. The molecule has 5 heteroatoms. The number of aryl methyl sites for hydroxylation is 1. The molecule has 0 saturated carbocycles. The molecular weight excluding hydrogens is 292 g/mol. The minimum atomic E-state index is -0.914. The first-order valence-electron chi connectivity index (χ1n) is 8.27. The number of carboxylic acid groups (broad SMARTS) is 1. The van der Waals surface area contributed by atoms with E-state index >= 15 is 0 Å². The van der Waals surface area contributed by atoms with E-state index in [1.165, 1.54) is 0 Å². The maximum Gasteiger partial charge on any atom is 0.304 e. The molecule has 1 aliphatic heterocycles. The zero-order chi connectivity index (χ0) is 16.8. The number of nitrogens with zero attached hydrogens (tertiary/aromatic N) is 2. The van der Waals surface area contributed by atoms with Crippen molar-refractivity contribution >= 4 is 11.8 Å². The fourth-order valence-electron chi connectivity index (χ4n) is 3.00. The van der Waals surface area contributed by atoms with Gasteiger partial charge in [-0.3, -0.25) is 9.59 Å². The summed E-state index contributed by atoms with van der Waals surface area (Å²) in [5.41, 5.74) is 1.70. The molecule has 5 nitrogen and oxygen atoms in total. The summed E-state index contributed by atoms with van der Waals surface area (Å²) in [7, 11) is 0. The van der Waals surface area contributed by atoms with Crippen molar-refractivity contribution in [1.82, 2.24) is 9.80 Å². The van der Waals surface area contributed by atoms with Crippen molar-refractivity contribution in [3.63, 3.8) is 0 Å². The second-order valence-corrected chi connectivity index (χ2v) is 6.26. The molecule has 0 amide bonds. The number of hydrogen-bond donors (Lipinski definition) is 1. The van der Waals surface area contributed by atoms with Crippen molar-refractivity contribution in [3.8, 4) is 0 Å². The third-order valence-corrected chi connectivity index (χ3v) is 4.52. The maximum atomic E-state index is 12.7. The first-order valence-corrected chi connectivity index (χ1v) is 8.27. The molecular formula is C18H26N2O3. The summed E-state index contributed by atoms with van der Waals surface area (Å²) in [5, 5.41) is 9.15. The fraction of sp³-hybridized carbons (Fsp3) is 0.556. The zero-order valence-electron chi connectivity index (χ0n) is 14.0. The van der Waals surface area contributed by atoms with Crippen molar-refractivity contribution in [2.24, 2.45) is 5.92 Å². The van der Waals surface area contributed by atoms with Crippen LogP contribution in [-0.2, 0) is 4.79 Å². The number of piperazine rings is 1. The topological polar surface area (TPSA) is 60.9 Å². The normalized spacial score (nSPS) is 17.8. The first-order chi connectivity index (χ1) is 11.0. The second kappa shape index (κ2) is 8.22. The van der Waals surface area contributed by atoms with Crippen molar-refractivity contribution in [1.29, 1.82) is 0 Å². The Kier molecular flexibility index (Phi) is 6.30. The van der Waals surface area contributed by atoms with E-state index in [9.17, 15) is 9.59 Å². The lowest BCUT2D eigenvalue weighted by Gasteiger charge is -2.35. The lowest BCUT2D eigenvalue weighted by Crippen LogP contribution is -2.48. The first kappa shape index (κ1) is 17.6. The smallest absolute Gasteiger partial charge is 0.304 e. The molecule has 1 aromatic carbocycles. The minimum Gasteiger partial charge on any atom is -0.481 e. The van der Waals surface area contributed by atoms with Gasteiger partial charge in [-0.2, -0.15) is 0 Å². The van der Waals surface area contributed by atoms with Gasteiger partial charge in [-0.15, -0.1) is 0 Å². The number of benzene rings is 1. The summed E-state index contributed by atoms with van der Waals surface area (Å²) in [6.45, 7) is 9.42. The van der Waals surface area contributed by atoms with E-state index in [2.05, 4.69) is 16.7 Å². The van der Waals surface area contributed by atoms with Gasteiger partial charge in [-0.1, -0.05) is 36.8 Å². The van der Waals surface area contributed by atoms with Crippen LogP contribution in [0.15, 0.2) is 24.3 Å². The van der Waals surface area contributed by atoms with Gasteiger partial charge in [0.2, 0.25) is 0 Å². The number of likely N-dealkylation sites (N-methyl/N-ethyl adjacent to an activating group) is 1. The summed E-state index contributed by atoms with van der Waals surface area (Å²) in [4.78, 5) is 28.4. The van der Waals surface area contributed by atoms with E-state index in [4.69, 9.17) is 5.11 Å². The number of ketones is 1. The highest BCUT2D eigenvalue weighted by Gasteiger charge is 2.27. The molecule has 1 heterocycles. The van der Waals surface area contributed by atoms with Gasteiger partial charge in [0.05, 0.1) is 6.42 Å². The molecule has 23 heavy (non-hydrogen) atoms. The Morgan fingerprint density at radius 1 is 1.09 bits per heavy atom. The monoisotopic (exact) mass is 318 g/mol. The minimum absolute atomic E-state index is 0.0645. The summed E-state index contributed by atoms with van der Waals surface area (Å²) < 4.78 is 0. The molecule has 0 aliphatic carbocycles. The maximum absolute atomic E-state index is 12.7. The molecule has 1 atom stereocenters. The largest absolute Gasteiger partial charge is 0.481 e. The van der Waals surface area contributed by atoms with Crippen LogP contribution < -0.4 is 0 Å². The Hall–Kier alpha value is -1.72. The van der Waals surface area contributed by atoms with E-state index < -0.39 is 11.9 Å². The number of aliphatic carboxylic acids is 1. The summed E-state index contributed by atoms with van der Waals surface area (Å²) in [6.07, 6.45) is -0.110. The van der Waals surface area contributed by atoms with Crippen LogP contribution >= 0.6 is 0 Å². The molecule has 0 bridgehead atoms. The molecule has 1 N–H and O–H groups in total. The quantitative estimate of drug-likeness (QED) is 0.778. The van der Waals surface area contributed by atoms with Crippen LogP contribution in [0.4, 0.5) is 0 Å². The Balaban J connectivity index is 2.03. The van der Waals surface area contributed by atoms with Crippen LogP contribution in [0.2, 0.25) is 0 Å². The van der Waals surface area contributed by atoms with Crippen LogP contribution in [0.3, 0.4) is 0 Å². The summed E-state index contributed by atoms with van der Waals surface area (Å²) >= 11 is 0. The van der Waals surface area contributed by atoms with Crippen LogP contribution in [0, 0.1) is 12.8 Å². The van der Waals surface area contributed by atoms with Crippen molar-refractivity contribution in [2.45, 2.75) is 20.3 Å². The Morgan fingerprint density at radius 2 is 1.65 bits per heavy atom. The molecule has 1 aliphatic rings. The Labute approximate surface area is 137 Å². The highest BCUT2D eigenvalue weighted by Crippen LogP contribution is 2.16. The van der Waals surface area contributed by atoms with Crippen LogP contribution in [0.25, 0.3) is 0 Å². The molecule has 0 spiro atoms. The number of Topliss-reactive ketones (excluding diaryl/α,β-unsaturated/α-hetero) is 1. The Bertz CT molecular complexity index is 534. The lowest BCUT2D eigenvalue weighted by atomic mass is 9.93. The van der Waals surface area contributed by atoms with Gasteiger partial charge >= 0.3 is 5.97 Å². The van der Waals surface area contributed by atoms with Gasteiger partial charge in [0.15, 0.2) is 5.78 Å². The highest BCUT2D eigenvalue weighted by atomic mass is 16.4. The number of carbonyl (C=O) groups excluding carboxylic acids is 1. The molecule has 0 radical (unpaired) electrons. The van der Waals surface area contributed by atoms with Gasteiger partial charge in [0.25, 0.3) is 0 Å². The van der Waals surface area contributed by atoms with Crippen molar-refractivity contribution in [2.75, 3.05) is 39.3 Å². The number of carbonyl (C=O) groups is 2. The molecule has 0 aromatic heterocycles. The molecule has 2 rings (SSSR count). The predicted octanol–water partition coefficient (Wildman–Crippen LogP) is 1.91. The zero-order valence-corrected chi connectivity index (χ0v) is 14.0. The van der Waals surface area contributed by atoms with Crippen LogP contribution in [0.5, 0.6) is 0 Å². The van der Waals surface area contributed by atoms with E-state index in [-0.39, 0.29) is 12.2 Å². The van der Waals surface area contributed by atoms with Crippen LogP contribution in [-0.4, -0.2) is 65.9 Å². The second-order valence-electron chi connectivity index (χ2n) is 6.26. The fourth-order valence-corrected chi connectivity index (χ4v) is 3.00. The average Bonchev–Trinajstić information content (AvgIpc) is 2.54. The van der Waals surface area contributed by atoms with E-state index in [1.807, 2.05) is 19.1 Å². The third-order valence-electron chi connectivity index (χ3n) is 4.52. The van der Waals surface area contributed by atoms with Gasteiger partial charge in [0.1, 0.15) is 0 Å². The molecule has 1 unspecified atom stereocenters. The molecule has 1 saturated heterocycles.